The predicted molar refractivity (Wildman–Crippen MR) is 82.4 cm³/mol. The normalized spacial score (nSPS) is 28.9. The summed E-state index contributed by atoms with van der Waals surface area (Å²) in [7, 11) is -1.74. The van der Waals surface area contributed by atoms with E-state index in [1.165, 1.54) is 17.1 Å². The molecular weight excluding hydrogens is 290 g/mol. The molecule has 2 aliphatic rings. The second-order valence-electron chi connectivity index (χ2n) is 6.11. The van der Waals surface area contributed by atoms with Crippen molar-refractivity contribution in [1.29, 1.82) is 0 Å². The molecule has 2 rings (SSSR count). The quantitative estimate of drug-likeness (QED) is 0.770. The van der Waals surface area contributed by atoms with E-state index in [0.29, 0.717) is 25.2 Å². The third-order valence-electron chi connectivity index (χ3n) is 4.79. The summed E-state index contributed by atoms with van der Waals surface area (Å²) in [5, 5.41) is 3.53. The highest BCUT2D eigenvalue weighted by Gasteiger charge is 2.37. The summed E-state index contributed by atoms with van der Waals surface area (Å²) in [6.45, 7) is 4.40. The first-order valence-electron chi connectivity index (χ1n) is 7.86. The molecule has 2 bridgehead atoms. The minimum atomic E-state index is -3.49. The van der Waals surface area contributed by atoms with Crippen LogP contribution < -0.4 is 5.32 Å². The van der Waals surface area contributed by atoms with Crippen molar-refractivity contribution in [2.24, 2.45) is 0 Å². The van der Waals surface area contributed by atoms with Gasteiger partial charge in [0.05, 0.1) is 0 Å². The second kappa shape index (κ2) is 6.62. The summed E-state index contributed by atoms with van der Waals surface area (Å²) in [5.74, 6) is -0.696. The number of hydrogen-bond donors (Lipinski definition) is 1. The van der Waals surface area contributed by atoms with Gasteiger partial charge >= 0.3 is 0 Å². The SMILES string of the molecule is CCN(CC)S(=O)(=O)CC(=O)N(C)C1CC2CCC(C1)N2. The lowest BCUT2D eigenvalue weighted by Crippen LogP contribution is -2.50. The number of fused-ring (bicyclic) bond motifs is 2. The lowest BCUT2D eigenvalue weighted by atomic mass is 9.98. The van der Waals surface area contributed by atoms with Crippen LogP contribution in [-0.2, 0) is 14.8 Å². The number of hydrogen-bond acceptors (Lipinski definition) is 4. The number of carbonyl (C=O) groups excluding carboxylic acids is 1. The van der Waals surface area contributed by atoms with Gasteiger partial charge in [0.1, 0.15) is 5.75 Å². The van der Waals surface area contributed by atoms with Gasteiger partial charge < -0.3 is 10.2 Å². The van der Waals surface area contributed by atoms with E-state index in [4.69, 9.17) is 0 Å². The molecule has 2 unspecified atom stereocenters. The van der Waals surface area contributed by atoms with Crippen LogP contribution in [0, 0.1) is 0 Å². The van der Waals surface area contributed by atoms with E-state index in [1.54, 1.807) is 25.8 Å². The van der Waals surface area contributed by atoms with Gasteiger partial charge in [0.2, 0.25) is 15.9 Å². The largest absolute Gasteiger partial charge is 0.342 e. The molecule has 6 nitrogen and oxygen atoms in total. The molecule has 0 aromatic rings. The van der Waals surface area contributed by atoms with Crippen LogP contribution in [0.15, 0.2) is 0 Å². The summed E-state index contributed by atoms with van der Waals surface area (Å²) in [5.41, 5.74) is 0. The number of sulfonamides is 1. The smallest absolute Gasteiger partial charge is 0.239 e. The fourth-order valence-corrected chi connectivity index (χ4v) is 5.00. The topological polar surface area (TPSA) is 69.7 Å². The maximum absolute atomic E-state index is 12.3. The van der Waals surface area contributed by atoms with Gasteiger partial charge in [-0.2, -0.15) is 0 Å². The zero-order chi connectivity index (χ0) is 15.6. The minimum Gasteiger partial charge on any atom is -0.342 e. The Balaban J connectivity index is 1.96. The molecule has 0 aromatic heterocycles. The summed E-state index contributed by atoms with van der Waals surface area (Å²) in [6, 6.07) is 1.15. The zero-order valence-corrected chi connectivity index (χ0v) is 14.0. The Hall–Kier alpha value is -0.660. The van der Waals surface area contributed by atoms with E-state index in [0.717, 1.165) is 12.8 Å². The Morgan fingerprint density at radius 3 is 2.14 bits per heavy atom. The summed E-state index contributed by atoms with van der Waals surface area (Å²) < 4.78 is 25.7. The highest BCUT2D eigenvalue weighted by Crippen LogP contribution is 2.29. The van der Waals surface area contributed by atoms with Crippen molar-refractivity contribution < 1.29 is 13.2 Å². The van der Waals surface area contributed by atoms with Gasteiger partial charge in [0, 0.05) is 38.3 Å². The number of nitrogens with zero attached hydrogens (tertiary/aromatic N) is 2. The van der Waals surface area contributed by atoms with Crippen LogP contribution in [0.3, 0.4) is 0 Å². The van der Waals surface area contributed by atoms with Crippen LogP contribution in [0.5, 0.6) is 0 Å². The first-order chi connectivity index (χ1) is 9.87. The Kier molecular flexibility index (Phi) is 5.27. The molecule has 2 fully saturated rings. The number of amides is 1. The van der Waals surface area contributed by atoms with Crippen LogP contribution in [0.4, 0.5) is 0 Å². The number of piperidine rings is 1. The molecule has 0 radical (unpaired) electrons. The fourth-order valence-electron chi connectivity index (χ4n) is 3.51. The second-order valence-corrected chi connectivity index (χ2v) is 8.08. The molecule has 2 aliphatic heterocycles. The first-order valence-corrected chi connectivity index (χ1v) is 9.47. The molecule has 1 N–H and O–H groups in total. The standard InChI is InChI=1S/C14H27N3O3S/c1-4-17(5-2)21(19,20)10-14(18)16(3)13-8-11-6-7-12(9-13)15-11/h11-13,15H,4-10H2,1-3H3. The van der Waals surface area contributed by atoms with Gasteiger partial charge in [-0.1, -0.05) is 13.8 Å². The average molecular weight is 317 g/mol. The summed E-state index contributed by atoms with van der Waals surface area (Å²) >= 11 is 0. The molecule has 0 aliphatic carbocycles. The molecule has 21 heavy (non-hydrogen) atoms. The predicted octanol–water partition coefficient (Wildman–Crippen LogP) is 0.399. The molecule has 0 spiro atoms. The molecule has 0 saturated carbocycles. The molecule has 1 amide bonds. The fraction of sp³-hybridized carbons (Fsp3) is 0.929. The summed E-state index contributed by atoms with van der Waals surface area (Å²) in [4.78, 5) is 14.0. The Morgan fingerprint density at radius 1 is 1.14 bits per heavy atom. The molecule has 2 heterocycles. The minimum absolute atomic E-state index is 0.170. The van der Waals surface area contributed by atoms with Gasteiger partial charge in [-0.25, -0.2) is 12.7 Å². The molecule has 7 heteroatoms. The Morgan fingerprint density at radius 2 is 1.67 bits per heavy atom. The van der Waals surface area contributed by atoms with E-state index in [-0.39, 0.29) is 11.9 Å². The van der Waals surface area contributed by atoms with Crippen LogP contribution in [-0.4, -0.2) is 67.5 Å². The van der Waals surface area contributed by atoms with Gasteiger partial charge in [0.25, 0.3) is 0 Å². The molecule has 0 aromatic carbocycles. The van der Waals surface area contributed by atoms with Crippen LogP contribution in [0.1, 0.15) is 39.5 Å². The Bertz CT molecular complexity index is 464. The van der Waals surface area contributed by atoms with Crippen molar-refractivity contribution in [2.45, 2.75) is 57.7 Å². The van der Waals surface area contributed by atoms with Gasteiger partial charge in [0.15, 0.2) is 0 Å². The van der Waals surface area contributed by atoms with Crippen LogP contribution in [0.25, 0.3) is 0 Å². The van der Waals surface area contributed by atoms with Gasteiger partial charge in [-0.15, -0.1) is 0 Å². The summed E-state index contributed by atoms with van der Waals surface area (Å²) in [6.07, 6.45) is 4.20. The van der Waals surface area contributed by atoms with Crippen LogP contribution in [0.2, 0.25) is 0 Å². The number of nitrogens with one attached hydrogen (secondary N) is 1. The third-order valence-corrected chi connectivity index (χ3v) is 6.71. The highest BCUT2D eigenvalue weighted by molar-refractivity contribution is 7.89. The first kappa shape index (κ1) is 16.7. The molecule has 2 atom stereocenters. The van der Waals surface area contributed by atoms with Crippen molar-refractivity contribution in [3.8, 4) is 0 Å². The molecular formula is C14H27N3O3S. The van der Waals surface area contributed by atoms with E-state index in [9.17, 15) is 13.2 Å². The van der Waals surface area contributed by atoms with E-state index < -0.39 is 15.8 Å². The zero-order valence-electron chi connectivity index (χ0n) is 13.2. The number of rotatable bonds is 6. The van der Waals surface area contributed by atoms with E-state index in [2.05, 4.69) is 5.32 Å². The van der Waals surface area contributed by atoms with E-state index in [1.807, 2.05) is 0 Å². The van der Waals surface area contributed by atoms with Crippen molar-refractivity contribution >= 4 is 15.9 Å². The van der Waals surface area contributed by atoms with Gasteiger partial charge in [-0.3, -0.25) is 4.79 Å². The number of carbonyl (C=O) groups is 1. The molecule has 122 valence electrons. The van der Waals surface area contributed by atoms with Crippen LogP contribution >= 0.6 is 0 Å². The average Bonchev–Trinajstić information content (AvgIpc) is 2.77. The Labute approximate surface area is 127 Å². The van der Waals surface area contributed by atoms with Gasteiger partial charge in [-0.05, 0) is 25.7 Å². The van der Waals surface area contributed by atoms with Crippen molar-refractivity contribution in [2.75, 3.05) is 25.9 Å². The van der Waals surface area contributed by atoms with E-state index >= 15 is 0 Å². The lowest BCUT2D eigenvalue weighted by Gasteiger charge is -2.35. The monoisotopic (exact) mass is 317 g/mol. The van der Waals surface area contributed by atoms with Crippen molar-refractivity contribution in [1.82, 2.24) is 14.5 Å². The lowest BCUT2D eigenvalue weighted by molar-refractivity contribution is -0.129. The maximum atomic E-state index is 12.3. The van der Waals surface area contributed by atoms with Crippen molar-refractivity contribution in [3.63, 3.8) is 0 Å². The highest BCUT2D eigenvalue weighted by atomic mass is 32.2. The molecule has 2 saturated heterocycles. The maximum Gasteiger partial charge on any atom is 0.239 e. The third kappa shape index (κ3) is 3.76. The van der Waals surface area contributed by atoms with Crippen molar-refractivity contribution in [3.05, 3.63) is 0 Å².